The highest BCUT2D eigenvalue weighted by atomic mass is 16.2. The van der Waals surface area contributed by atoms with Crippen LogP contribution in [-0.2, 0) is 4.79 Å². The summed E-state index contributed by atoms with van der Waals surface area (Å²) in [6.07, 6.45) is 4.17. The highest BCUT2D eigenvalue weighted by Gasteiger charge is 2.38. The second-order valence-corrected chi connectivity index (χ2v) is 6.47. The molecule has 0 saturated carbocycles. The van der Waals surface area contributed by atoms with Gasteiger partial charge in [-0.2, -0.15) is 5.10 Å². The number of amides is 1. The van der Waals surface area contributed by atoms with Crippen LogP contribution in [0.15, 0.2) is 41.5 Å². The molecule has 24 heavy (non-hydrogen) atoms. The Labute approximate surface area is 139 Å². The van der Waals surface area contributed by atoms with E-state index in [4.69, 9.17) is 0 Å². The Morgan fingerprint density at radius 1 is 1.00 bits per heavy atom. The van der Waals surface area contributed by atoms with Gasteiger partial charge < -0.3 is 4.90 Å². The van der Waals surface area contributed by atoms with E-state index in [0.29, 0.717) is 0 Å². The van der Waals surface area contributed by atoms with E-state index in [1.54, 1.807) is 10.9 Å². The molecule has 2 fully saturated rings. The van der Waals surface area contributed by atoms with Crippen molar-refractivity contribution >= 4 is 11.6 Å². The summed E-state index contributed by atoms with van der Waals surface area (Å²) in [6, 6.07) is 10.00. The minimum atomic E-state index is -0.152. The van der Waals surface area contributed by atoms with Crippen molar-refractivity contribution in [2.75, 3.05) is 24.5 Å². The molecule has 2 aliphatic heterocycles. The maximum Gasteiger partial charge on any atom is 0.343 e. The van der Waals surface area contributed by atoms with Gasteiger partial charge >= 0.3 is 5.69 Å². The third-order valence-corrected chi connectivity index (χ3v) is 5.16. The Hall–Kier alpha value is -2.41. The number of hydrogen-bond donors (Lipinski definition) is 1. The number of carbonyl (C=O) groups is 1. The summed E-state index contributed by atoms with van der Waals surface area (Å²) >= 11 is 0. The van der Waals surface area contributed by atoms with Crippen molar-refractivity contribution in [2.45, 2.75) is 31.3 Å². The monoisotopic (exact) mass is 327 g/mol. The van der Waals surface area contributed by atoms with Crippen LogP contribution in [0.3, 0.4) is 0 Å². The first kappa shape index (κ1) is 15.1. The number of piperidine rings is 1. The maximum atomic E-state index is 12.8. The van der Waals surface area contributed by atoms with Crippen LogP contribution in [0.1, 0.15) is 25.3 Å². The number of rotatable bonds is 3. The van der Waals surface area contributed by atoms with Crippen LogP contribution in [0.4, 0.5) is 5.69 Å². The fraction of sp³-hybridized carbons (Fsp3) is 0.471. The average Bonchev–Trinajstić information content (AvgIpc) is 3.22. The second kappa shape index (κ2) is 6.24. The lowest BCUT2D eigenvalue weighted by Gasteiger charge is -2.35. The van der Waals surface area contributed by atoms with Crippen molar-refractivity contribution in [1.29, 1.82) is 0 Å². The molecule has 0 bridgehead atoms. The molecule has 4 rings (SSSR count). The van der Waals surface area contributed by atoms with E-state index in [2.05, 4.69) is 15.1 Å². The minimum Gasteiger partial charge on any atom is -0.311 e. The molecule has 1 amide bonds. The lowest BCUT2D eigenvalue weighted by molar-refractivity contribution is -0.122. The van der Waals surface area contributed by atoms with E-state index in [-0.39, 0.29) is 23.7 Å². The molecule has 2 aliphatic rings. The fourth-order valence-corrected chi connectivity index (χ4v) is 3.86. The van der Waals surface area contributed by atoms with E-state index in [1.165, 1.54) is 0 Å². The number of carbonyl (C=O) groups excluding carboxylic acids is 1. The largest absolute Gasteiger partial charge is 0.343 e. The summed E-state index contributed by atoms with van der Waals surface area (Å²) < 4.78 is 1.67. The number of aromatic nitrogens is 3. The molecule has 3 heterocycles. The van der Waals surface area contributed by atoms with Crippen molar-refractivity contribution in [3.05, 3.63) is 47.1 Å². The summed E-state index contributed by atoms with van der Waals surface area (Å²) in [4.78, 5) is 28.6. The van der Waals surface area contributed by atoms with Gasteiger partial charge in [0.15, 0.2) is 0 Å². The topological polar surface area (TPSA) is 74.2 Å². The molecule has 126 valence electrons. The van der Waals surface area contributed by atoms with E-state index in [0.717, 1.165) is 44.6 Å². The number of nitrogens with one attached hydrogen (secondary N) is 1. The van der Waals surface area contributed by atoms with Crippen LogP contribution in [0, 0.1) is 0 Å². The summed E-state index contributed by atoms with van der Waals surface area (Å²) in [6.45, 7) is 2.44. The summed E-state index contributed by atoms with van der Waals surface area (Å²) in [5.41, 5.74) is 0.825. The molecule has 2 aromatic rings. The normalized spacial score (nSPS) is 23.1. The van der Waals surface area contributed by atoms with Crippen molar-refractivity contribution < 1.29 is 4.79 Å². The van der Waals surface area contributed by atoms with Crippen LogP contribution >= 0.6 is 0 Å². The van der Waals surface area contributed by atoms with Gasteiger partial charge in [-0.3, -0.25) is 14.3 Å². The third kappa shape index (κ3) is 2.65. The standard InChI is InChI=1S/C17H21N5O2/c23-16-15(8-11-21(16)13-4-2-1-3-5-13)20-9-6-14(7-10-20)22-12-18-19-17(22)24/h1-5,12,14-15H,6-11H2,(H,19,24). The van der Waals surface area contributed by atoms with Gasteiger partial charge in [0, 0.05) is 31.4 Å². The molecule has 1 N–H and O–H groups in total. The molecule has 0 aliphatic carbocycles. The Morgan fingerprint density at radius 3 is 2.42 bits per heavy atom. The number of anilines is 1. The third-order valence-electron chi connectivity index (χ3n) is 5.16. The van der Waals surface area contributed by atoms with Gasteiger partial charge in [-0.1, -0.05) is 18.2 Å². The van der Waals surface area contributed by atoms with E-state index >= 15 is 0 Å². The minimum absolute atomic E-state index is 0.0350. The summed E-state index contributed by atoms with van der Waals surface area (Å²) in [5.74, 6) is 0.195. The van der Waals surface area contributed by atoms with Crippen molar-refractivity contribution in [1.82, 2.24) is 19.7 Å². The Kier molecular flexibility index (Phi) is 3.93. The summed E-state index contributed by atoms with van der Waals surface area (Å²) in [5, 5.41) is 6.25. The highest BCUT2D eigenvalue weighted by molar-refractivity contribution is 5.99. The van der Waals surface area contributed by atoms with Gasteiger partial charge in [0.25, 0.3) is 0 Å². The molecule has 1 atom stereocenters. The average molecular weight is 327 g/mol. The van der Waals surface area contributed by atoms with Crippen molar-refractivity contribution in [2.24, 2.45) is 0 Å². The predicted molar refractivity (Wildman–Crippen MR) is 89.9 cm³/mol. The van der Waals surface area contributed by atoms with Gasteiger partial charge in [-0.15, -0.1) is 0 Å². The maximum absolute atomic E-state index is 12.8. The highest BCUT2D eigenvalue weighted by Crippen LogP contribution is 2.28. The first-order valence-corrected chi connectivity index (χ1v) is 8.46. The molecule has 1 aromatic carbocycles. The van der Waals surface area contributed by atoms with Crippen LogP contribution in [0.2, 0.25) is 0 Å². The number of hydrogen-bond acceptors (Lipinski definition) is 4. The SMILES string of the molecule is O=C1C(N2CCC(n3cn[nH]c3=O)CC2)CCN1c1ccccc1. The van der Waals surface area contributed by atoms with E-state index in [1.807, 2.05) is 35.2 Å². The number of aromatic amines is 1. The Morgan fingerprint density at radius 2 is 1.75 bits per heavy atom. The van der Waals surface area contributed by atoms with Crippen molar-refractivity contribution in [3.63, 3.8) is 0 Å². The number of para-hydroxylation sites is 1. The van der Waals surface area contributed by atoms with Gasteiger partial charge in [0.05, 0.1) is 6.04 Å². The predicted octanol–water partition coefficient (Wildman–Crippen LogP) is 1.01. The molecular weight excluding hydrogens is 306 g/mol. The van der Waals surface area contributed by atoms with Crippen LogP contribution in [0.5, 0.6) is 0 Å². The van der Waals surface area contributed by atoms with E-state index in [9.17, 15) is 9.59 Å². The molecule has 7 nitrogen and oxygen atoms in total. The van der Waals surface area contributed by atoms with Crippen LogP contribution in [0.25, 0.3) is 0 Å². The first-order valence-electron chi connectivity index (χ1n) is 8.46. The van der Waals surface area contributed by atoms with Gasteiger partial charge in [-0.05, 0) is 31.4 Å². The van der Waals surface area contributed by atoms with Gasteiger partial charge in [0.2, 0.25) is 5.91 Å². The molecule has 2 saturated heterocycles. The summed E-state index contributed by atoms with van der Waals surface area (Å²) in [7, 11) is 0. The Balaban J connectivity index is 1.41. The van der Waals surface area contributed by atoms with Crippen LogP contribution < -0.4 is 10.6 Å². The Bertz CT molecular complexity index is 761. The fourth-order valence-electron chi connectivity index (χ4n) is 3.86. The lowest BCUT2D eigenvalue weighted by Crippen LogP contribution is -2.46. The van der Waals surface area contributed by atoms with Crippen molar-refractivity contribution in [3.8, 4) is 0 Å². The number of H-pyrrole nitrogens is 1. The van der Waals surface area contributed by atoms with Crippen LogP contribution in [-0.4, -0.2) is 51.2 Å². The lowest BCUT2D eigenvalue weighted by atomic mass is 10.0. The first-order chi connectivity index (χ1) is 11.7. The number of nitrogens with zero attached hydrogens (tertiary/aromatic N) is 4. The number of benzene rings is 1. The van der Waals surface area contributed by atoms with Gasteiger partial charge in [0.1, 0.15) is 6.33 Å². The zero-order valence-corrected chi connectivity index (χ0v) is 13.5. The van der Waals surface area contributed by atoms with E-state index < -0.39 is 0 Å². The molecule has 0 radical (unpaired) electrons. The smallest absolute Gasteiger partial charge is 0.311 e. The molecular formula is C17H21N5O2. The number of likely N-dealkylation sites (tertiary alicyclic amines) is 1. The zero-order valence-electron chi connectivity index (χ0n) is 13.5. The molecule has 1 unspecified atom stereocenters. The zero-order chi connectivity index (χ0) is 16.5. The quantitative estimate of drug-likeness (QED) is 0.913. The molecule has 1 aromatic heterocycles. The molecule has 0 spiro atoms. The second-order valence-electron chi connectivity index (χ2n) is 6.47. The van der Waals surface area contributed by atoms with Gasteiger partial charge in [-0.25, -0.2) is 9.89 Å². The molecule has 7 heteroatoms.